The van der Waals surface area contributed by atoms with E-state index in [1.165, 1.54) is 12.8 Å². The molecule has 0 aromatic rings. The Morgan fingerprint density at radius 2 is 2.22 bits per heavy atom. The van der Waals surface area contributed by atoms with Crippen LogP contribution in [0.3, 0.4) is 0 Å². The van der Waals surface area contributed by atoms with Crippen molar-refractivity contribution in [3.05, 3.63) is 0 Å². The average Bonchev–Trinajstić information content (AvgIpc) is 2.84. The van der Waals surface area contributed by atoms with Gasteiger partial charge in [-0.2, -0.15) is 0 Å². The summed E-state index contributed by atoms with van der Waals surface area (Å²) >= 11 is 0. The predicted molar refractivity (Wildman–Crippen MR) is 74.9 cm³/mol. The van der Waals surface area contributed by atoms with Gasteiger partial charge < -0.3 is 10.6 Å². The van der Waals surface area contributed by atoms with Crippen LogP contribution in [0.5, 0.6) is 0 Å². The van der Waals surface area contributed by atoms with Crippen LogP contribution in [0.25, 0.3) is 0 Å². The molecule has 0 aliphatic heterocycles. The SMILES string of the molecule is C#CCCCCC(=O)N(CC)C1CCCC1CN. The molecule has 3 nitrogen and oxygen atoms in total. The average molecular weight is 250 g/mol. The van der Waals surface area contributed by atoms with Crippen molar-refractivity contribution in [1.82, 2.24) is 4.90 Å². The predicted octanol–water partition coefficient (Wildman–Crippen LogP) is 2.16. The van der Waals surface area contributed by atoms with Gasteiger partial charge in [-0.05, 0) is 45.1 Å². The van der Waals surface area contributed by atoms with Crippen LogP contribution in [0.15, 0.2) is 0 Å². The molecule has 1 aliphatic rings. The Bertz CT molecular complexity index is 295. The van der Waals surface area contributed by atoms with Crippen molar-refractivity contribution in [3.8, 4) is 12.3 Å². The number of hydrogen-bond acceptors (Lipinski definition) is 2. The van der Waals surface area contributed by atoms with Gasteiger partial charge in [-0.25, -0.2) is 0 Å². The fourth-order valence-corrected chi connectivity index (χ4v) is 2.95. The van der Waals surface area contributed by atoms with Gasteiger partial charge in [0, 0.05) is 25.4 Å². The van der Waals surface area contributed by atoms with Crippen molar-refractivity contribution in [2.24, 2.45) is 11.7 Å². The molecule has 2 unspecified atom stereocenters. The van der Waals surface area contributed by atoms with Crippen molar-refractivity contribution in [2.45, 2.75) is 57.9 Å². The van der Waals surface area contributed by atoms with Crippen LogP contribution in [0, 0.1) is 18.3 Å². The molecule has 0 saturated heterocycles. The minimum Gasteiger partial charge on any atom is -0.340 e. The summed E-state index contributed by atoms with van der Waals surface area (Å²) in [6.45, 7) is 3.56. The van der Waals surface area contributed by atoms with E-state index in [0.717, 1.165) is 32.2 Å². The van der Waals surface area contributed by atoms with Gasteiger partial charge in [0.15, 0.2) is 0 Å². The van der Waals surface area contributed by atoms with E-state index >= 15 is 0 Å². The number of carbonyl (C=O) groups is 1. The summed E-state index contributed by atoms with van der Waals surface area (Å²) in [5.74, 6) is 3.39. The van der Waals surface area contributed by atoms with E-state index in [0.29, 0.717) is 24.9 Å². The molecule has 102 valence electrons. The van der Waals surface area contributed by atoms with E-state index in [-0.39, 0.29) is 5.91 Å². The van der Waals surface area contributed by atoms with E-state index in [1.54, 1.807) is 0 Å². The summed E-state index contributed by atoms with van der Waals surface area (Å²) in [7, 11) is 0. The Balaban J connectivity index is 2.44. The topological polar surface area (TPSA) is 46.3 Å². The maximum absolute atomic E-state index is 12.2. The Hall–Kier alpha value is -1.01. The van der Waals surface area contributed by atoms with Gasteiger partial charge in [-0.15, -0.1) is 12.3 Å². The lowest BCUT2D eigenvalue weighted by Crippen LogP contribution is -2.44. The third-order valence-electron chi connectivity index (χ3n) is 3.94. The van der Waals surface area contributed by atoms with E-state index < -0.39 is 0 Å². The summed E-state index contributed by atoms with van der Waals surface area (Å²) in [5, 5.41) is 0. The Morgan fingerprint density at radius 1 is 1.44 bits per heavy atom. The first-order chi connectivity index (χ1) is 8.74. The number of terminal acetylenes is 1. The van der Waals surface area contributed by atoms with E-state index in [9.17, 15) is 4.79 Å². The van der Waals surface area contributed by atoms with Gasteiger partial charge >= 0.3 is 0 Å². The minimum atomic E-state index is 0.278. The highest BCUT2D eigenvalue weighted by molar-refractivity contribution is 5.76. The fraction of sp³-hybridized carbons (Fsp3) is 0.800. The van der Waals surface area contributed by atoms with Gasteiger partial charge in [0.1, 0.15) is 0 Å². The van der Waals surface area contributed by atoms with Crippen molar-refractivity contribution >= 4 is 5.91 Å². The lowest BCUT2D eigenvalue weighted by Gasteiger charge is -2.32. The second kappa shape index (κ2) is 8.16. The molecule has 2 atom stereocenters. The zero-order valence-electron chi connectivity index (χ0n) is 11.5. The summed E-state index contributed by atoms with van der Waals surface area (Å²) < 4.78 is 0. The van der Waals surface area contributed by atoms with E-state index in [4.69, 9.17) is 12.2 Å². The van der Waals surface area contributed by atoms with Crippen molar-refractivity contribution in [2.75, 3.05) is 13.1 Å². The first kappa shape index (κ1) is 15.0. The molecule has 0 bridgehead atoms. The van der Waals surface area contributed by atoms with Crippen LogP contribution in [0.4, 0.5) is 0 Å². The lowest BCUT2D eigenvalue weighted by molar-refractivity contribution is -0.134. The zero-order chi connectivity index (χ0) is 13.4. The number of carbonyl (C=O) groups excluding carboxylic acids is 1. The maximum atomic E-state index is 12.2. The molecular formula is C15H26N2O. The third-order valence-corrected chi connectivity index (χ3v) is 3.94. The van der Waals surface area contributed by atoms with Crippen LogP contribution in [0.1, 0.15) is 51.9 Å². The molecule has 0 heterocycles. The van der Waals surface area contributed by atoms with Gasteiger partial charge in [-0.1, -0.05) is 6.42 Å². The summed E-state index contributed by atoms with van der Waals surface area (Å²) in [6, 6.07) is 0.375. The highest BCUT2D eigenvalue weighted by Crippen LogP contribution is 2.29. The van der Waals surface area contributed by atoms with Gasteiger partial charge in [-0.3, -0.25) is 4.79 Å². The second-order valence-electron chi connectivity index (χ2n) is 5.09. The minimum absolute atomic E-state index is 0.278. The molecule has 18 heavy (non-hydrogen) atoms. The molecule has 0 aromatic carbocycles. The molecule has 0 spiro atoms. The number of nitrogens with two attached hydrogens (primary N) is 1. The maximum Gasteiger partial charge on any atom is 0.222 e. The smallest absolute Gasteiger partial charge is 0.222 e. The quantitative estimate of drug-likeness (QED) is 0.556. The monoisotopic (exact) mass is 250 g/mol. The molecule has 1 fully saturated rings. The highest BCUT2D eigenvalue weighted by Gasteiger charge is 2.32. The molecule has 1 saturated carbocycles. The summed E-state index contributed by atoms with van der Waals surface area (Å²) in [4.78, 5) is 14.3. The van der Waals surface area contributed by atoms with Crippen molar-refractivity contribution in [3.63, 3.8) is 0 Å². The Kier molecular flexibility index (Phi) is 6.82. The number of rotatable bonds is 7. The number of amides is 1. The first-order valence-corrected chi connectivity index (χ1v) is 7.17. The van der Waals surface area contributed by atoms with Crippen LogP contribution in [-0.4, -0.2) is 29.9 Å². The summed E-state index contributed by atoms with van der Waals surface area (Å²) in [5.41, 5.74) is 5.80. The van der Waals surface area contributed by atoms with E-state index in [1.807, 2.05) is 4.90 Å². The highest BCUT2D eigenvalue weighted by atomic mass is 16.2. The van der Waals surface area contributed by atoms with Gasteiger partial charge in [0.25, 0.3) is 0 Å². The van der Waals surface area contributed by atoms with Crippen LogP contribution in [0.2, 0.25) is 0 Å². The largest absolute Gasteiger partial charge is 0.340 e. The Labute approximate surface area is 111 Å². The standard InChI is InChI=1S/C15H26N2O/c1-3-5-6-7-11-15(18)17(4-2)14-10-8-9-13(14)12-16/h1,13-14H,4-12,16H2,2H3. The zero-order valence-corrected chi connectivity index (χ0v) is 11.5. The van der Waals surface area contributed by atoms with Crippen LogP contribution >= 0.6 is 0 Å². The number of hydrogen-bond donors (Lipinski definition) is 1. The number of nitrogens with zero attached hydrogens (tertiary/aromatic N) is 1. The Morgan fingerprint density at radius 3 is 2.83 bits per heavy atom. The van der Waals surface area contributed by atoms with Crippen molar-refractivity contribution in [1.29, 1.82) is 0 Å². The van der Waals surface area contributed by atoms with Crippen LogP contribution in [-0.2, 0) is 4.79 Å². The first-order valence-electron chi connectivity index (χ1n) is 7.17. The van der Waals surface area contributed by atoms with Gasteiger partial charge in [0.05, 0.1) is 0 Å². The normalized spacial score (nSPS) is 22.7. The lowest BCUT2D eigenvalue weighted by atomic mass is 10.0. The molecule has 0 radical (unpaired) electrons. The third kappa shape index (κ3) is 4.03. The molecular weight excluding hydrogens is 224 g/mol. The number of unbranched alkanes of at least 4 members (excludes halogenated alkanes) is 2. The molecule has 1 rings (SSSR count). The molecule has 2 N–H and O–H groups in total. The fourth-order valence-electron chi connectivity index (χ4n) is 2.95. The second-order valence-corrected chi connectivity index (χ2v) is 5.09. The van der Waals surface area contributed by atoms with Crippen LogP contribution < -0.4 is 5.73 Å². The van der Waals surface area contributed by atoms with Crippen molar-refractivity contribution < 1.29 is 4.79 Å². The van der Waals surface area contributed by atoms with E-state index in [2.05, 4.69) is 12.8 Å². The molecule has 3 heteroatoms. The van der Waals surface area contributed by atoms with Gasteiger partial charge in [0.2, 0.25) is 5.91 Å². The molecule has 1 amide bonds. The molecule has 0 aromatic heterocycles. The summed E-state index contributed by atoms with van der Waals surface area (Å²) in [6.07, 6.45) is 11.9. The molecule has 1 aliphatic carbocycles.